The number of carboxylic acid groups (broad SMARTS) is 1. The molecule has 1 aliphatic rings. The number of para-hydroxylation sites is 1. The Morgan fingerprint density at radius 3 is 2.08 bits per heavy atom. The minimum atomic E-state index is -1.01. The SMILES string of the molecule is CCC1(CC(=O)O)OC(C)(C)OC(CCn2c(-c3ccc(F)cc3)c(-c3ccccc3)c(C(=O)Nc3ccccc3)c2C(C)C)C1(C)C. The van der Waals surface area contributed by atoms with Gasteiger partial charge in [0.1, 0.15) is 5.82 Å². The summed E-state index contributed by atoms with van der Waals surface area (Å²) in [6.07, 6.45) is 0.478. The number of ether oxygens (including phenoxy) is 2. The number of hydrogen-bond acceptors (Lipinski definition) is 4. The van der Waals surface area contributed by atoms with Gasteiger partial charge in [-0.15, -0.1) is 0 Å². The van der Waals surface area contributed by atoms with E-state index in [1.165, 1.54) is 12.1 Å². The molecule has 5 rings (SSSR count). The molecule has 48 heavy (non-hydrogen) atoms. The van der Waals surface area contributed by atoms with Crippen LogP contribution < -0.4 is 5.32 Å². The Bertz CT molecular complexity index is 1750. The van der Waals surface area contributed by atoms with E-state index in [1.807, 2.05) is 95.3 Å². The predicted octanol–water partition coefficient (Wildman–Crippen LogP) is 9.53. The molecule has 0 saturated carbocycles. The first-order chi connectivity index (χ1) is 22.7. The molecule has 8 heteroatoms. The van der Waals surface area contributed by atoms with Crippen molar-refractivity contribution in [3.63, 3.8) is 0 Å². The third-order valence-corrected chi connectivity index (χ3v) is 9.76. The van der Waals surface area contributed by atoms with Crippen molar-refractivity contribution in [2.75, 3.05) is 5.32 Å². The average molecular weight is 655 g/mol. The van der Waals surface area contributed by atoms with Gasteiger partial charge in [-0.25, -0.2) is 4.39 Å². The number of halogens is 1. The molecule has 254 valence electrons. The molecule has 1 saturated heterocycles. The van der Waals surface area contributed by atoms with E-state index in [1.54, 1.807) is 12.1 Å². The van der Waals surface area contributed by atoms with Gasteiger partial charge < -0.3 is 24.5 Å². The molecule has 1 fully saturated rings. The number of carbonyl (C=O) groups excluding carboxylic acids is 1. The molecule has 0 aliphatic carbocycles. The highest BCUT2D eigenvalue weighted by Crippen LogP contribution is 2.52. The van der Waals surface area contributed by atoms with E-state index < -0.39 is 22.8 Å². The third kappa shape index (κ3) is 6.82. The normalized spacial score (nSPS) is 20.1. The van der Waals surface area contributed by atoms with Crippen molar-refractivity contribution in [3.8, 4) is 22.4 Å². The van der Waals surface area contributed by atoms with Gasteiger partial charge in [0.2, 0.25) is 0 Å². The number of aromatic nitrogens is 1. The van der Waals surface area contributed by atoms with Crippen molar-refractivity contribution in [2.24, 2.45) is 5.41 Å². The lowest BCUT2D eigenvalue weighted by Crippen LogP contribution is -2.64. The van der Waals surface area contributed by atoms with Gasteiger partial charge in [0.25, 0.3) is 5.91 Å². The molecule has 1 aromatic heterocycles. The summed E-state index contributed by atoms with van der Waals surface area (Å²) in [5.74, 6) is -2.59. The Labute approximate surface area is 283 Å². The number of amides is 1. The first kappa shape index (κ1) is 35.0. The largest absolute Gasteiger partial charge is 0.481 e. The maximum absolute atomic E-state index is 14.4. The van der Waals surface area contributed by atoms with E-state index >= 15 is 0 Å². The maximum atomic E-state index is 14.4. The van der Waals surface area contributed by atoms with Crippen molar-refractivity contribution < 1.29 is 28.6 Å². The highest BCUT2D eigenvalue weighted by Gasteiger charge is 2.58. The van der Waals surface area contributed by atoms with Crippen LogP contribution in [0.25, 0.3) is 22.4 Å². The molecule has 2 N–H and O–H groups in total. The second-order valence-corrected chi connectivity index (χ2v) is 14.0. The molecule has 7 nitrogen and oxygen atoms in total. The zero-order chi connectivity index (χ0) is 34.9. The highest BCUT2D eigenvalue weighted by atomic mass is 19.1. The van der Waals surface area contributed by atoms with Crippen molar-refractivity contribution in [3.05, 3.63) is 102 Å². The van der Waals surface area contributed by atoms with Crippen LogP contribution in [0.15, 0.2) is 84.9 Å². The van der Waals surface area contributed by atoms with E-state index in [4.69, 9.17) is 9.47 Å². The molecule has 2 unspecified atom stereocenters. The minimum absolute atomic E-state index is 0.0695. The van der Waals surface area contributed by atoms with Gasteiger partial charge in [-0.05, 0) is 80.1 Å². The number of hydrogen-bond donors (Lipinski definition) is 2. The van der Waals surface area contributed by atoms with Crippen molar-refractivity contribution in [1.29, 1.82) is 0 Å². The monoisotopic (exact) mass is 654 g/mol. The van der Waals surface area contributed by atoms with E-state index in [0.29, 0.717) is 30.6 Å². The summed E-state index contributed by atoms with van der Waals surface area (Å²) < 4.78 is 29.6. The second kappa shape index (κ2) is 13.7. The minimum Gasteiger partial charge on any atom is -0.481 e. The fourth-order valence-electron chi connectivity index (χ4n) is 7.44. The molecule has 3 aromatic carbocycles. The summed E-state index contributed by atoms with van der Waals surface area (Å²) in [6.45, 7) is 14.3. The summed E-state index contributed by atoms with van der Waals surface area (Å²) in [4.78, 5) is 26.6. The Balaban J connectivity index is 1.72. The van der Waals surface area contributed by atoms with Crippen molar-refractivity contribution in [1.82, 2.24) is 4.57 Å². The summed E-state index contributed by atoms with van der Waals surface area (Å²) >= 11 is 0. The lowest BCUT2D eigenvalue weighted by molar-refractivity contribution is -0.381. The standard InChI is InChI=1S/C40H47FN2O5/c1-8-40(25-32(44)45)38(4,5)31(47-39(6,7)48-40)23-24-43-35(26(2)3)34(37(46)42-30-17-13-10-14-18-30)33(27-15-11-9-12-16-27)36(43)28-19-21-29(41)22-20-28/h9-22,26,31H,8,23-25H2,1-7H3,(H,42,46)(H,44,45). The molecule has 2 atom stereocenters. The summed E-state index contributed by atoms with van der Waals surface area (Å²) in [5.41, 5.74) is 3.66. The van der Waals surface area contributed by atoms with Gasteiger partial charge in [0.05, 0.1) is 29.4 Å². The fourth-order valence-corrected chi connectivity index (χ4v) is 7.44. The number of nitrogens with one attached hydrogen (secondary N) is 1. The average Bonchev–Trinajstić information content (AvgIpc) is 3.38. The number of carboxylic acids is 1. The number of nitrogens with zero attached hydrogens (tertiary/aromatic N) is 1. The number of aliphatic carboxylic acids is 1. The van der Waals surface area contributed by atoms with Crippen LogP contribution in [-0.2, 0) is 20.8 Å². The van der Waals surface area contributed by atoms with Gasteiger partial charge in [-0.2, -0.15) is 0 Å². The lowest BCUT2D eigenvalue weighted by Gasteiger charge is -2.58. The molecule has 0 spiro atoms. The summed E-state index contributed by atoms with van der Waals surface area (Å²) in [7, 11) is 0. The zero-order valence-electron chi connectivity index (χ0n) is 29.0. The van der Waals surface area contributed by atoms with Crippen LogP contribution in [0.2, 0.25) is 0 Å². The second-order valence-electron chi connectivity index (χ2n) is 14.0. The molecule has 1 aliphatic heterocycles. The van der Waals surface area contributed by atoms with Crippen LogP contribution in [0.3, 0.4) is 0 Å². The number of anilines is 1. The molecule has 0 bridgehead atoms. The van der Waals surface area contributed by atoms with Crippen LogP contribution >= 0.6 is 0 Å². The maximum Gasteiger partial charge on any atom is 0.306 e. The van der Waals surface area contributed by atoms with E-state index in [2.05, 4.69) is 23.7 Å². The van der Waals surface area contributed by atoms with Gasteiger partial charge >= 0.3 is 5.97 Å². The van der Waals surface area contributed by atoms with Gasteiger partial charge in [-0.3, -0.25) is 9.59 Å². The van der Waals surface area contributed by atoms with Crippen molar-refractivity contribution in [2.45, 2.75) is 97.7 Å². The Hall–Kier alpha value is -4.27. The molecule has 2 heterocycles. The van der Waals surface area contributed by atoms with Crippen LogP contribution in [0, 0.1) is 11.2 Å². The van der Waals surface area contributed by atoms with Crippen LogP contribution in [0.4, 0.5) is 10.1 Å². The quantitative estimate of drug-likeness (QED) is 0.168. The number of benzene rings is 3. The van der Waals surface area contributed by atoms with Crippen LogP contribution in [-0.4, -0.2) is 39.0 Å². The number of carbonyl (C=O) groups is 2. The summed E-state index contributed by atoms with van der Waals surface area (Å²) in [5, 5.41) is 13.1. The van der Waals surface area contributed by atoms with E-state index in [0.717, 1.165) is 28.1 Å². The molecular formula is C40H47FN2O5. The van der Waals surface area contributed by atoms with Gasteiger partial charge in [0.15, 0.2) is 5.79 Å². The zero-order valence-corrected chi connectivity index (χ0v) is 29.0. The van der Waals surface area contributed by atoms with E-state index in [9.17, 15) is 19.1 Å². The Morgan fingerprint density at radius 2 is 1.52 bits per heavy atom. The number of rotatable bonds is 11. The lowest BCUT2D eigenvalue weighted by atomic mass is 9.65. The molecule has 4 aromatic rings. The topological polar surface area (TPSA) is 89.8 Å². The fraction of sp³-hybridized carbons (Fsp3) is 0.400. The third-order valence-electron chi connectivity index (χ3n) is 9.76. The molecular weight excluding hydrogens is 607 g/mol. The molecule has 0 radical (unpaired) electrons. The Morgan fingerprint density at radius 1 is 0.917 bits per heavy atom. The highest BCUT2D eigenvalue weighted by molar-refractivity contribution is 6.12. The van der Waals surface area contributed by atoms with E-state index in [-0.39, 0.29) is 30.2 Å². The first-order valence-electron chi connectivity index (χ1n) is 16.7. The smallest absolute Gasteiger partial charge is 0.306 e. The van der Waals surface area contributed by atoms with Crippen LogP contribution in [0.5, 0.6) is 0 Å². The van der Waals surface area contributed by atoms with Crippen LogP contribution in [0.1, 0.15) is 89.7 Å². The molecule has 1 amide bonds. The predicted molar refractivity (Wildman–Crippen MR) is 187 cm³/mol. The van der Waals surface area contributed by atoms with Crippen molar-refractivity contribution >= 4 is 17.6 Å². The Kier molecular flexibility index (Phi) is 9.99. The van der Waals surface area contributed by atoms with Gasteiger partial charge in [0, 0.05) is 28.9 Å². The first-order valence-corrected chi connectivity index (χ1v) is 16.7. The van der Waals surface area contributed by atoms with Gasteiger partial charge in [-0.1, -0.05) is 83.1 Å². The summed E-state index contributed by atoms with van der Waals surface area (Å²) in [6, 6.07) is 25.6.